The number of methoxy groups -OCH3 is 1. The molecule has 0 radical (unpaired) electrons. The van der Waals surface area contributed by atoms with E-state index < -0.39 is 0 Å². The van der Waals surface area contributed by atoms with E-state index in [9.17, 15) is 9.59 Å². The summed E-state index contributed by atoms with van der Waals surface area (Å²) < 4.78 is 5.49. The molecule has 110 valence electrons. The number of para-hydroxylation sites is 1. The van der Waals surface area contributed by atoms with Gasteiger partial charge in [0.25, 0.3) is 0 Å². The minimum atomic E-state index is -0.275. The molecular formula is C14H19BrN2O3. The summed E-state index contributed by atoms with van der Waals surface area (Å²) >= 11 is 3.37. The van der Waals surface area contributed by atoms with Gasteiger partial charge in [-0.15, -0.1) is 0 Å². The van der Waals surface area contributed by atoms with Crippen LogP contribution in [0.15, 0.2) is 28.7 Å². The number of esters is 1. The Morgan fingerprint density at radius 1 is 1.40 bits per heavy atom. The van der Waals surface area contributed by atoms with Crippen LogP contribution >= 0.6 is 15.9 Å². The first-order valence-corrected chi connectivity index (χ1v) is 7.04. The van der Waals surface area contributed by atoms with Gasteiger partial charge in [-0.3, -0.25) is 14.5 Å². The molecule has 0 bridgehead atoms. The predicted molar refractivity (Wildman–Crippen MR) is 81.4 cm³/mol. The Balaban J connectivity index is 2.46. The first kappa shape index (κ1) is 16.7. The van der Waals surface area contributed by atoms with Gasteiger partial charge in [-0.25, -0.2) is 0 Å². The summed E-state index contributed by atoms with van der Waals surface area (Å²) in [4.78, 5) is 25.0. The molecule has 1 atom stereocenters. The molecule has 0 heterocycles. The van der Waals surface area contributed by atoms with Crippen LogP contribution in [-0.4, -0.2) is 44.0 Å². The van der Waals surface area contributed by atoms with Crippen LogP contribution in [0, 0.1) is 5.92 Å². The Morgan fingerprint density at radius 2 is 2.05 bits per heavy atom. The second-order valence-electron chi connectivity index (χ2n) is 4.65. The number of benzene rings is 1. The van der Waals surface area contributed by atoms with E-state index in [4.69, 9.17) is 0 Å². The largest absolute Gasteiger partial charge is 0.469 e. The Morgan fingerprint density at radius 3 is 2.65 bits per heavy atom. The molecule has 0 aliphatic heterocycles. The second kappa shape index (κ2) is 8.01. The third kappa shape index (κ3) is 5.30. The van der Waals surface area contributed by atoms with Crippen LogP contribution in [0.25, 0.3) is 0 Å². The molecule has 0 aromatic heterocycles. The number of likely N-dealkylation sites (N-methyl/N-ethyl adjacent to an activating group) is 1. The van der Waals surface area contributed by atoms with Crippen LogP contribution in [0.5, 0.6) is 0 Å². The number of anilines is 1. The van der Waals surface area contributed by atoms with Gasteiger partial charge in [0.2, 0.25) is 5.91 Å². The third-order valence-corrected chi connectivity index (χ3v) is 3.44. The number of hydrogen-bond acceptors (Lipinski definition) is 4. The van der Waals surface area contributed by atoms with Gasteiger partial charge in [0, 0.05) is 11.0 Å². The summed E-state index contributed by atoms with van der Waals surface area (Å²) in [5, 5.41) is 2.81. The van der Waals surface area contributed by atoms with Gasteiger partial charge in [0.15, 0.2) is 0 Å². The van der Waals surface area contributed by atoms with E-state index in [1.165, 1.54) is 7.11 Å². The predicted octanol–water partition coefficient (Wildman–Crippen LogP) is 2.13. The Hall–Kier alpha value is -1.40. The van der Waals surface area contributed by atoms with Crippen molar-refractivity contribution in [1.82, 2.24) is 4.90 Å². The molecule has 0 spiro atoms. The lowest BCUT2D eigenvalue weighted by Crippen LogP contribution is -2.35. The Kier molecular flexibility index (Phi) is 6.67. The zero-order valence-electron chi connectivity index (χ0n) is 11.9. The van der Waals surface area contributed by atoms with Gasteiger partial charge < -0.3 is 10.1 Å². The first-order valence-electron chi connectivity index (χ1n) is 6.24. The number of hydrogen-bond donors (Lipinski definition) is 1. The molecule has 0 aliphatic rings. The topological polar surface area (TPSA) is 58.6 Å². The molecule has 0 aliphatic carbocycles. The molecule has 0 fully saturated rings. The molecule has 0 saturated carbocycles. The van der Waals surface area contributed by atoms with Gasteiger partial charge in [0.05, 0.1) is 25.3 Å². The number of nitrogens with zero attached hydrogens (tertiary/aromatic N) is 1. The highest BCUT2D eigenvalue weighted by molar-refractivity contribution is 9.10. The lowest BCUT2D eigenvalue weighted by atomic mass is 10.2. The van der Waals surface area contributed by atoms with E-state index in [1.54, 1.807) is 18.9 Å². The number of carbonyl (C=O) groups excluding carboxylic acids is 2. The van der Waals surface area contributed by atoms with E-state index >= 15 is 0 Å². The number of halogens is 1. The molecule has 6 heteroatoms. The average Bonchev–Trinajstić information content (AvgIpc) is 2.40. The number of amides is 1. The molecule has 1 rings (SSSR count). The quantitative estimate of drug-likeness (QED) is 0.804. The zero-order valence-corrected chi connectivity index (χ0v) is 13.4. The van der Waals surface area contributed by atoms with Crippen LogP contribution in [0.4, 0.5) is 5.69 Å². The lowest BCUT2D eigenvalue weighted by Gasteiger charge is -2.19. The number of carbonyl (C=O) groups is 2. The van der Waals surface area contributed by atoms with Crippen molar-refractivity contribution in [3.63, 3.8) is 0 Å². The molecule has 20 heavy (non-hydrogen) atoms. The number of ether oxygens (including phenoxy) is 1. The van der Waals surface area contributed by atoms with Crippen LogP contribution < -0.4 is 5.32 Å². The maximum atomic E-state index is 11.9. The highest BCUT2D eigenvalue weighted by Gasteiger charge is 2.17. The molecule has 1 N–H and O–H groups in total. The van der Waals surface area contributed by atoms with Crippen molar-refractivity contribution in [2.45, 2.75) is 6.92 Å². The highest BCUT2D eigenvalue weighted by Crippen LogP contribution is 2.20. The monoisotopic (exact) mass is 342 g/mol. The average molecular weight is 343 g/mol. The van der Waals surface area contributed by atoms with Crippen LogP contribution in [0.3, 0.4) is 0 Å². The van der Waals surface area contributed by atoms with E-state index in [0.29, 0.717) is 6.54 Å². The molecule has 1 aromatic rings. The minimum Gasteiger partial charge on any atom is -0.469 e. The maximum Gasteiger partial charge on any atom is 0.309 e. The van der Waals surface area contributed by atoms with Crippen LogP contribution in [0.1, 0.15) is 6.92 Å². The summed E-state index contributed by atoms with van der Waals surface area (Å²) in [5.41, 5.74) is 0.729. The van der Waals surface area contributed by atoms with Gasteiger partial charge in [-0.05, 0) is 35.1 Å². The van der Waals surface area contributed by atoms with Crippen molar-refractivity contribution in [3.8, 4) is 0 Å². The van der Waals surface area contributed by atoms with Gasteiger partial charge in [0.1, 0.15) is 0 Å². The van der Waals surface area contributed by atoms with Gasteiger partial charge >= 0.3 is 5.97 Å². The summed E-state index contributed by atoms with van der Waals surface area (Å²) in [6.45, 7) is 2.45. The summed E-state index contributed by atoms with van der Waals surface area (Å²) in [6.07, 6.45) is 0. The normalized spacial score (nSPS) is 12.1. The fourth-order valence-electron chi connectivity index (χ4n) is 1.81. The van der Waals surface area contributed by atoms with Crippen molar-refractivity contribution in [2.24, 2.45) is 5.92 Å². The molecular weight excluding hydrogens is 324 g/mol. The fourth-order valence-corrected chi connectivity index (χ4v) is 2.19. The zero-order chi connectivity index (χ0) is 15.1. The van der Waals surface area contributed by atoms with Crippen LogP contribution in [0.2, 0.25) is 0 Å². The standard InChI is InChI=1S/C14H19BrN2O3/c1-10(14(19)20-3)8-17(2)9-13(18)16-12-7-5-4-6-11(12)15/h4-7,10H,8-9H2,1-3H3,(H,16,18). The molecule has 1 amide bonds. The maximum absolute atomic E-state index is 11.9. The van der Waals surface area contributed by atoms with Crippen LogP contribution in [-0.2, 0) is 14.3 Å². The first-order chi connectivity index (χ1) is 9.43. The van der Waals surface area contributed by atoms with E-state index in [0.717, 1.165) is 10.2 Å². The minimum absolute atomic E-state index is 0.128. The lowest BCUT2D eigenvalue weighted by molar-refractivity contribution is -0.145. The number of rotatable bonds is 6. The van der Waals surface area contributed by atoms with Gasteiger partial charge in [-0.2, -0.15) is 0 Å². The SMILES string of the molecule is COC(=O)C(C)CN(C)CC(=O)Nc1ccccc1Br. The van der Waals surface area contributed by atoms with Crippen molar-refractivity contribution in [2.75, 3.05) is 32.6 Å². The summed E-state index contributed by atoms with van der Waals surface area (Å²) in [6, 6.07) is 7.41. The highest BCUT2D eigenvalue weighted by atomic mass is 79.9. The molecule has 0 saturated heterocycles. The number of nitrogens with one attached hydrogen (secondary N) is 1. The van der Waals surface area contributed by atoms with Crippen molar-refractivity contribution in [1.29, 1.82) is 0 Å². The summed E-state index contributed by atoms with van der Waals surface area (Å²) in [7, 11) is 3.15. The Bertz CT molecular complexity index is 479. The molecule has 1 unspecified atom stereocenters. The smallest absolute Gasteiger partial charge is 0.309 e. The summed E-state index contributed by atoms with van der Waals surface area (Å²) in [5.74, 6) is -0.666. The van der Waals surface area contributed by atoms with Crippen molar-refractivity contribution in [3.05, 3.63) is 28.7 Å². The Labute approximate surface area is 127 Å². The molecule has 1 aromatic carbocycles. The van der Waals surface area contributed by atoms with E-state index in [-0.39, 0.29) is 24.3 Å². The fraction of sp³-hybridized carbons (Fsp3) is 0.429. The van der Waals surface area contributed by atoms with Crippen molar-refractivity contribution < 1.29 is 14.3 Å². The van der Waals surface area contributed by atoms with E-state index in [2.05, 4.69) is 26.0 Å². The molecule has 5 nitrogen and oxygen atoms in total. The second-order valence-corrected chi connectivity index (χ2v) is 5.50. The van der Waals surface area contributed by atoms with Gasteiger partial charge in [-0.1, -0.05) is 19.1 Å². The van der Waals surface area contributed by atoms with Crippen molar-refractivity contribution >= 4 is 33.5 Å². The third-order valence-electron chi connectivity index (χ3n) is 2.75. The van der Waals surface area contributed by atoms with E-state index in [1.807, 2.05) is 24.3 Å².